The van der Waals surface area contributed by atoms with Gasteiger partial charge in [0.1, 0.15) is 12.4 Å². The van der Waals surface area contributed by atoms with Gasteiger partial charge >= 0.3 is 5.97 Å². The number of hydrogen-bond acceptors (Lipinski definition) is 5. The van der Waals surface area contributed by atoms with Crippen molar-refractivity contribution in [3.05, 3.63) is 77.9 Å². The van der Waals surface area contributed by atoms with Gasteiger partial charge in [-0.1, -0.05) is 18.2 Å². The number of nitrogens with zero attached hydrogens (tertiary/aromatic N) is 1. The van der Waals surface area contributed by atoms with Crippen molar-refractivity contribution in [2.24, 2.45) is 5.10 Å². The molecule has 0 saturated heterocycles. The van der Waals surface area contributed by atoms with Crippen LogP contribution in [0.25, 0.3) is 0 Å². The Balaban J connectivity index is 1.82. The van der Waals surface area contributed by atoms with Crippen LogP contribution in [0.4, 0.5) is 0 Å². The Morgan fingerprint density at radius 2 is 1.89 bits per heavy atom. The zero-order valence-corrected chi connectivity index (χ0v) is 15.8. The highest BCUT2D eigenvalue weighted by Crippen LogP contribution is 2.14. The summed E-state index contributed by atoms with van der Waals surface area (Å²) in [7, 11) is 1.36. The second-order valence-corrected chi connectivity index (χ2v) is 5.82. The van der Waals surface area contributed by atoms with E-state index in [1.165, 1.54) is 7.11 Å². The van der Waals surface area contributed by atoms with Crippen LogP contribution in [0.1, 0.15) is 21.5 Å². The monoisotopic (exact) mass is 383 g/mol. The van der Waals surface area contributed by atoms with E-state index in [2.05, 4.69) is 27.2 Å². The molecule has 0 saturated carbocycles. The lowest BCUT2D eigenvalue weighted by Gasteiger charge is -2.07. The van der Waals surface area contributed by atoms with E-state index in [4.69, 9.17) is 17.0 Å². The summed E-state index contributed by atoms with van der Waals surface area (Å²) >= 11 is 5.04. The Labute approximate surface area is 163 Å². The molecule has 2 aromatic rings. The van der Waals surface area contributed by atoms with Gasteiger partial charge in [0.2, 0.25) is 0 Å². The van der Waals surface area contributed by atoms with Crippen LogP contribution in [0.3, 0.4) is 0 Å². The minimum atomic E-state index is -0.355. The number of carbonyl (C=O) groups excluding carboxylic acids is 1. The third-order valence-corrected chi connectivity index (χ3v) is 3.68. The van der Waals surface area contributed by atoms with Crippen molar-refractivity contribution in [1.82, 2.24) is 10.7 Å². The first-order chi connectivity index (χ1) is 13.1. The Hall–Kier alpha value is -3.19. The topological polar surface area (TPSA) is 72.0 Å². The fourth-order valence-electron chi connectivity index (χ4n) is 2.04. The summed E-state index contributed by atoms with van der Waals surface area (Å²) < 4.78 is 10.4. The van der Waals surface area contributed by atoms with Gasteiger partial charge in [-0.3, -0.25) is 5.43 Å². The third kappa shape index (κ3) is 6.91. The summed E-state index contributed by atoms with van der Waals surface area (Å²) in [4.78, 5) is 11.4. The molecule has 0 aliphatic heterocycles. The highest BCUT2D eigenvalue weighted by molar-refractivity contribution is 7.80. The second-order valence-electron chi connectivity index (χ2n) is 5.41. The second kappa shape index (κ2) is 10.7. The molecule has 0 aliphatic carbocycles. The number of thiocarbonyl (C=S) groups is 1. The zero-order chi connectivity index (χ0) is 19.5. The van der Waals surface area contributed by atoms with Crippen LogP contribution in [0.15, 0.2) is 66.3 Å². The fraction of sp³-hybridized carbons (Fsp3) is 0.150. The number of methoxy groups -OCH3 is 1. The third-order valence-electron chi connectivity index (χ3n) is 3.45. The van der Waals surface area contributed by atoms with Crippen LogP contribution >= 0.6 is 12.2 Å². The molecule has 2 aromatic carbocycles. The quantitative estimate of drug-likeness (QED) is 0.240. The fourth-order valence-corrected chi connectivity index (χ4v) is 2.18. The lowest BCUT2D eigenvalue weighted by molar-refractivity contribution is 0.0600. The molecule has 2 rings (SSSR count). The molecular formula is C20H21N3O3S. The minimum Gasteiger partial charge on any atom is -0.489 e. The van der Waals surface area contributed by atoms with E-state index in [1.807, 2.05) is 36.4 Å². The van der Waals surface area contributed by atoms with Gasteiger partial charge in [-0.2, -0.15) is 5.10 Å². The summed E-state index contributed by atoms with van der Waals surface area (Å²) in [6.45, 7) is 4.58. The maximum Gasteiger partial charge on any atom is 0.337 e. The van der Waals surface area contributed by atoms with Crippen LogP contribution in [0, 0.1) is 0 Å². The molecule has 140 valence electrons. The van der Waals surface area contributed by atoms with E-state index in [0.717, 1.165) is 16.9 Å². The molecule has 0 heterocycles. The summed E-state index contributed by atoms with van der Waals surface area (Å²) in [5, 5.41) is 7.41. The normalized spacial score (nSPS) is 10.3. The van der Waals surface area contributed by atoms with E-state index in [9.17, 15) is 4.79 Å². The number of rotatable bonds is 8. The van der Waals surface area contributed by atoms with Crippen molar-refractivity contribution < 1.29 is 14.3 Å². The van der Waals surface area contributed by atoms with Crippen molar-refractivity contribution >= 4 is 29.5 Å². The van der Waals surface area contributed by atoms with E-state index in [0.29, 0.717) is 23.8 Å². The van der Waals surface area contributed by atoms with Crippen molar-refractivity contribution in [2.75, 3.05) is 13.7 Å². The molecule has 0 fully saturated rings. The van der Waals surface area contributed by atoms with Gasteiger partial charge in [0.25, 0.3) is 0 Å². The van der Waals surface area contributed by atoms with Crippen LogP contribution in [0.2, 0.25) is 0 Å². The smallest absolute Gasteiger partial charge is 0.337 e. The summed E-state index contributed by atoms with van der Waals surface area (Å²) in [6, 6.07) is 14.6. The van der Waals surface area contributed by atoms with Gasteiger partial charge in [0.05, 0.1) is 18.9 Å². The van der Waals surface area contributed by atoms with Crippen molar-refractivity contribution in [3.63, 3.8) is 0 Å². The number of hydrogen-bond donors (Lipinski definition) is 2. The average Bonchev–Trinajstić information content (AvgIpc) is 2.71. The molecule has 0 unspecified atom stereocenters. The predicted octanol–water partition coefficient (Wildman–Crippen LogP) is 3.04. The number of carbonyl (C=O) groups is 1. The minimum absolute atomic E-state index is 0.355. The highest BCUT2D eigenvalue weighted by atomic mass is 32.1. The van der Waals surface area contributed by atoms with Crippen molar-refractivity contribution in [2.45, 2.75) is 6.61 Å². The van der Waals surface area contributed by atoms with Crippen molar-refractivity contribution in [1.29, 1.82) is 0 Å². The van der Waals surface area contributed by atoms with Gasteiger partial charge in [0, 0.05) is 6.54 Å². The SMILES string of the molecule is C=CCNC(=S)NN=Cc1ccc(OCc2ccc(C(=O)OC)cc2)cc1. The highest BCUT2D eigenvalue weighted by Gasteiger charge is 2.04. The Morgan fingerprint density at radius 1 is 1.19 bits per heavy atom. The first-order valence-corrected chi connectivity index (χ1v) is 8.61. The molecule has 0 aliphatic rings. The van der Waals surface area contributed by atoms with Crippen LogP contribution in [-0.4, -0.2) is 31.0 Å². The molecule has 27 heavy (non-hydrogen) atoms. The molecule has 0 amide bonds. The van der Waals surface area contributed by atoms with E-state index < -0.39 is 0 Å². The molecule has 6 nitrogen and oxygen atoms in total. The molecule has 2 N–H and O–H groups in total. The maximum absolute atomic E-state index is 11.4. The zero-order valence-electron chi connectivity index (χ0n) is 15.0. The van der Waals surface area contributed by atoms with Gasteiger partial charge in [0.15, 0.2) is 5.11 Å². The Morgan fingerprint density at radius 3 is 2.52 bits per heavy atom. The van der Waals surface area contributed by atoms with Crippen molar-refractivity contribution in [3.8, 4) is 5.75 Å². The Bertz CT molecular complexity index is 802. The molecule has 0 aromatic heterocycles. The van der Waals surface area contributed by atoms with E-state index >= 15 is 0 Å². The summed E-state index contributed by atoms with van der Waals surface area (Å²) in [5.74, 6) is 0.381. The lowest BCUT2D eigenvalue weighted by atomic mass is 10.1. The Kier molecular flexibility index (Phi) is 7.99. The lowest BCUT2D eigenvalue weighted by Crippen LogP contribution is -2.31. The number of esters is 1. The summed E-state index contributed by atoms with van der Waals surface area (Å²) in [6.07, 6.45) is 3.38. The standard InChI is InChI=1S/C20H21N3O3S/c1-3-12-21-20(27)23-22-13-15-6-10-18(11-7-15)26-14-16-4-8-17(9-5-16)19(24)25-2/h3-11,13H,1,12,14H2,2H3,(H2,21,23,27). The average molecular weight is 383 g/mol. The molecule has 0 atom stereocenters. The van der Waals surface area contributed by atoms with E-state index in [-0.39, 0.29) is 5.97 Å². The largest absolute Gasteiger partial charge is 0.489 e. The molecular weight excluding hydrogens is 362 g/mol. The maximum atomic E-state index is 11.4. The van der Waals surface area contributed by atoms with Crippen LogP contribution < -0.4 is 15.5 Å². The van der Waals surface area contributed by atoms with Gasteiger partial charge in [-0.15, -0.1) is 6.58 Å². The van der Waals surface area contributed by atoms with Gasteiger partial charge in [-0.25, -0.2) is 4.79 Å². The first-order valence-electron chi connectivity index (χ1n) is 8.20. The van der Waals surface area contributed by atoms with Gasteiger partial charge < -0.3 is 14.8 Å². The number of nitrogens with one attached hydrogen (secondary N) is 2. The summed E-state index contributed by atoms with van der Waals surface area (Å²) in [5.41, 5.74) is 5.10. The molecule has 0 spiro atoms. The van der Waals surface area contributed by atoms with Crippen LogP contribution in [0.5, 0.6) is 5.75 Å². The molecule has 0 radical (unpaired) electrons. The molecule has 0 bridgehead atoms. The first kappa shape index (κ1) is 20.1. The number of ether oxygens (including phenoxy) is 2. The predicted molar refractivity (Wildman–Crippen MR) is 110 cm³/mol. The van der Waals surface area contributed by atoms with Gasteiger partial charge in [-0.05, 0) is 59.7 Å². The molecule has 7 heteroatoms. The number of hydrazone groups is 1. The van der Waals surface area contributed by atoms with Crippen LogP contribution in [-0.2, 0) is 11.3 Å². The number of benzene rings is 2. The van der Waals surface area contributed by atoms with E-state index in [1.54, 1.807) is 24.4 Å².